The summed E-state index contributed by atoms with van der Waals surface area (Å²) >= 11 is 0. The van der Waals surface area contributed by atoms with Gasteiger partial charge in [0, 0.05) is 7.05 Å². The van der Waals surface area contributed by atoms with Crippen molar-refractivity contribution in [2.24, 2.45) is 7.05 Å². The van der Waals surface area contributed by atoms with Crippen molar-refractivity contribution in [3.05, 3.63) is 42.7 Å². The first kappa shape index (κ1) is 10.6. The average Bonchev–Trinajstić information content (AvgIpc) is 2.76. The maximum atomic E-state index is 13.5. The summed E-state index contributed by atoms with van der Waals surface area (Å²) in [6, 6.07) is 6.14. The number of halogens is 1. The molecule has 0 amide bonds. The summed E-state index contributed by atoms with van der Waals surface area (Å²) in [6.07, 6.45) is 2.97. The number of para-hydroxylation sites is 1. The van der Waals surface area contributed by atoms with Crippen molar-refractivity contribution < 1.29 is 9.13 Å². The summed E-state index contributed by atoms with van der Waals surface area (Å²) in [7, 11) is 1.81. The van der Waals surface area contributed by atoms with Crippen molar-refractivity contribution in [2.75, 3.05) is 0 Å². The summed E-state index contributed by atoms with van der Waals surface area (Å²) in [6.45, 7) is 0. The van der Waals surface area contributed by atoms with Gasteiger partial charge in [0.2, 0.25) is 0 Å². The van der Waals surface area contributed by atoms with Crippen LogP contribution in [-0.4, -0.2) is 19.5 Å². The van der Waals surface area contributed by atoms with Crippen LogP contribution in [0, 0.1) is 5.82 Å². The maximum Gasteiger partial charge on any atom is 0.251 e. The standard InChI is InChI=1S/C12H9FN4O/c1-17-7-16-10-11(17)14-6-15-12(10)18-9-5-3-2-4-8(9)13/h2-7H,1H3. The number of rotatable bonds is 2. The molecule has 18 heavy (non-hydrogen) atoms. The number of imidazole rings is 1. The maximum absolute atomic E-state index is 13.5. The Bertz CT molecular complexity index is 710. The highest BCUT2D eigenvalue weighted by Crippen LogP contribution is 2.26. The van der Waals surface area contributed by atoms with Crippen LogP contribution < -0.4 is 4.74 Å². The van der Waals surface area contributed by atoms with E-state index in [1.165, 1.54) is 18.5 Å². The van der Waals surface area contributed by atoms with Gasteiger partial charge in [0.1, 0.15) is 6.33 Å². The van der Waals surface area contributed by atoms with E-state index in [1.807, 2.05) is 7.05 Å². The molecule has 0 aliphatic rings. The van der Waals surface area contributed by atoms with Crippen LogP contribution in [0.5, 0.6) is 11.6 Å². The quantitative estimate of drug-likeness (QED) is 0.694. The Balaban J connectivity index is 2.08. The van der Waals surface area contributed by atoms with Gasteiger partial charge in [-0.15, -0.1) is 0 Å². The van der Waals surface area contributed by atoms with E-state index >= 15 is 0 Å². The Labute approximate surface area is 102 Å². The fourth-order valence-corrected chi connectivity index (χ4v) is 1.63. The molecular formula is C12H9FN4O. The summed E-state index contributed by atoms with van der Waals surface area (Å²) in [5.74, 6) is -0.0888. The second-order valence-corrected chi connectivity index (χ2v) is 3.74. The van der Waals surface area contributed by atoms with Gasteiger partial charge < -0.3 is 9.30 Å². The van der Waals surface area contributed by atoms with Crippen molar-refractivity contribution >= 4 is 11.2 Å². The zero-order valence-electron chi connectivity index (χ0n) is 9.54. The van der Waals surface area contributed by atoms with Crippen LogP contribution in [-0.2, 0) is 7.05 Å². The fraction of sp³-hybridized carbons (Fsp3) is 0.0833. The molecule has 0 unspecified atom stereocenters. The molecule has 1 aromatic carbocycles. The van der Waals surface area contributed by atoms with Gasteiger partial charge in [0.25, 0.3) is 5.88 Å². The van der Waals surface area contributed by atoms with E-state index in [2.05, 4.69) is 15.0 Å². The molecule has 5 nitrogen and oxygen atoms in total. The Morgan fingerprint density at radius 2 is 2.00 bits per heavy atom. The summed E-state index contributed by atoms with van der Waals surface area (Å²) in [4.78, 5) is 12.2. The van der Waals surface area contributed by atoms with E-state index in [0.717, 1.165) is 0 Å². The number of aromatic nitrogens is 4. The minimum absolute atomic E-state index is 0.114. The van der Waals surface area contributed by atoms with Gasteiger partial charge >= 0.3 is 0 Å². The lowest BCUT2D eigenvalue weighted by molar-refractivity contribution is 0.431. The van der Waals surface area contributed by atoms with Crippen LogP contribution in [0.1, 0.15) is 0 Å². The van der Waals surface area contributed by atoms with Crippen molar-refractivity contribution in [1.82, 2.24) is 19.5 Å². The van der Waals surface area contributed by atoms with E-state index < -0.39 is 5.82 Å². The van der Waals surface area contributed by atoms with Crippen molar-refractivity contribution in [2.45, 2.75) is 0 Å². The molecule has 3 aromatic rings. The van der Waals surface area contributed by atoms with Crippen LogP contribution in [0.3, 0.4) is 0 Å². The third kappa shape index (κ3) is 1.67. The number of hydrogen-bond acceptors (Lipinski definition) is 4. The number of nitrogens with zero attached hydrogens (tertiary/aromatic N) is 4. The minimum atomic E-state index is -0.444. The fourth-order valence-electron chi connectivity index (χ4n) is 1.63. The molecule has 0 aliphatic carbocycles. The Morgan fingerprint density at radius 1 is 1.17 bits per heavy atom. The number of fused-ring (bicyclic) bond motifs is 1. The summed E-state index contributed by atoms with van der Waals surface area (Å²) in [5, 5.41) is 0. The highest BCUT2D eigenvalue weighted by Gasteiger charge is 2.12. The van der Waals surface area contributed by atoms with E-state index in [4.69, 9.17) is 4.74 Å². The van der Waals surface area contributed by atoms with E-state index in [-0.39, 0.29) is 11.6 Å². The van der Waals surface area contributed by atoms with Crippen LogP contribution in [0.2, 0.25) is 0 Å². The van der Waals surface area contributed by atoms with Crippen LogP contribution >= 0.6 is 0 Å². The molecule has 0 aliphatic heterocycles. The predicted molar refractivity (Wildman–Crippen MR) is 62.8 cm³/mol. The second-order valence-electron chi connectivity index (χ2n) is 3.74. The molecule has 2 heterocycles. The van der Waals surface area contributed by atoms with Crippen molar-refractivity contribution in [1.29, 1.82) is 0 Å². The largest absolute Gasteiger partial charge is 0.434 e. The molecule has 3 rings (SSSR count). The highest BCUT2D eigenvalue weighted by atomic mass is 19.1. The average molecular weight is 244 g/mol. The third-order valence-electron chi connectivity index (χ3n) is 2.51. The van der Waals surface area contributed by atoms with E-state index in [0.29, 0.717) is 11.2 Å². The molecular weight excluding hydrogens is 235 g/mol. The first-order chi connectivity index (χ1) is 8.75. The third-order valence-corrected chi connectivity index (χ3v) is 2.51. The predicted octanol–water partition coefficient (Wildman–Crippen LogP) is 2.29. The topological polar surface area (TPSA) is 52.8 Å². The molecule has 90 valence electrons. The summed E-state index contributed by atoms with van der Waals surface area (Å²) in [5.41, 5.74) is 1.14. The molecule has 0 N–H and O–H groups in total. The Hall–Kier alpha value is -2.50. The monoisotopic (exact) mass is 244 g/mol. The first-order valence-electron chi connectivity index (χ1n) is 5.30. The van der Waals surface area contributed by atoms with Crippen LogP contribution in [0.25, 0.3) is 11.2 Å². The molecule has 0 atom stereocenters. The second kappa shape index (κ2) is 4.06. The molecule has 0 radical (unpaired) electrons. The van der Waals surface area contributed by atoms with Crippen LogP contribution in [0.4, 0.5) is 4.39 Å². The molecule has 0 bridgehead atoms. The number of benzene rings is 1. The van der Waals surface area contributed by atoms with Gasteiger partial charge in [-0.3, -0.25) is 0 Å². The number of ether oxygens (including phenoxy) is 1. The molecule has 6 heteroatoms. The first-order valence-corrected chi connectivity index (χ1v) is 5.30. The lowest BCUT2D eigenvalue weighted by Gasteiger charge is -2.05. The van der Waals surface area contributed by atoms with Gasteiger partial charge in [-0.05, 0) is 12.1 Å². The van der Waals surface area contributed by atoms with Gasteiger partial charge in [-0.25, -0.2) is 14.4 Å². The van der Waals surface area contributed by atoms with E-state index in [1.54, 1.807) is 23.0 Å². The van der Waals surface area contributed by atoms with E-state index in [9.17, 15) is 4.39 Å². The molecule has 0 saturated heterocycles. The van der Waals surface area contributed by atoms with Crippen molar-refractivity contribution in [3.63, 3.8) is 0 Å². The lowest BCUT2D eigenvalue weighted by Crippen LogP contribution is -1.94. The van der Waals surface area contributed by atoms with Crippen LogP contribution in [0.15, 0.2) is 36.9 Å². The SMILES string of the molecule is Cn1cnc2c(Oc3ccccc3F)ncnc21. The molecule has 2 aromatic heterocycles. The zero-order valence-corrected chi connectivity index (χ0v) is 9.54. The normalized spacial score (nSPS) is 10.8. The Morgan fingerprint density at radius 3 is 2.83 bits per heavy atom. The minimum Gasteiger partial charge on any atom is -0.434 e. The van der Waals surface area contributed by atoms with Gasteiger partial charge in [0.15, 0.2) is 22.7 Å². The Kier molecular flexibility index (Phi) is 2.40. The highest BCUT2D eigenvalue weighted by molar-refractivity contribution is 5.76. The lowest BCUT2D eigenvalue weighted by atomic mass is 10.3. The van der Waals surface area contributed by atoms with Crippen molar-refractivity contribution in [3.8, 4) is 11.6 Å². The number of aryl methyl sites for hydroxylation is 1. The molecule has 0 fully saturated rings. The molecule has 0 spiro atoms. The van der Waals surface area contributed by atoms with Gasteiger partial charge in [-0.2, -0.15) is 4.98 Å². The number of hydrogen-bond donors (Lipinski definition) is 0. The zero-order chi connectivity index (χ0) is 12.5. The van der Waals surface area contributed by atoms with Gasteiger partial charge in [-0.1, -0.05) is 12.1 Å². The summed E-state index contributed by atoms with van der Waals surface area (Å²) < 4.78 is 20.7. The molecule has 0 saturated carbocycles. The van der Waals surface area contributed by atoms with Gasteiger partial charge in [0.05, 0.1) is 6.33 Å². The smallest absolute Gasteiger partial charge is 0.251 e.